The fourth-order valence-electron chi connectivity index (χ4n) is 1.86. The molecule has 0 spiro atoms. The fourth-order valence-corrected chi connectivity index (χ4v) is 2.29. The Labute approximate surface area is 108 Å². The molecular weight excluding hydrogens is 284 g/mol. The van der Waals surface area contributed by atoms with Gasteiger partial charge in [-0.3, -0.25) is 0 Å². The van der Waals surface area contributed by atoms with Gasteiger partial charge in [0.05, 0.1) is 19.6 Å². The van der Waals surface area contributed by atoms with Crippen LogP contribution >= 0.6 is 15.9 Å². The number of phenolic OH excluding ortho intramolecular Hbond substituents is 1. The minimum Gasteiger partial charge on any atom is -0.507 e. The first-order valence-corrected chi connectivity index (χ1v) is 5.91. The van der Waals surface area contributed by atoms with E-state index in [9.17, 15) is 5.11 Å². The number of aromatic hydroxyl groups is 1. The van der Waals surface area contributed by atoms with Crippen molar-refractivity contribution in [2.24, 2.45) is 0 Å². The molecule has 0 radical (unpaired) electrons. The van der Waals surface area contributed by atoms with Crippen molar-refractivity contribution in [3.63, 3.8) is 0 Å². The second kappa shape index (κ2) is 4.45. The molecule has 0 bridgehead atoms. The quantitative estimate of drug-likeness (QED) is 0.920. The summed E-state index contributed by atoms with van der Waals surface area (Å²) in [7, 11) is 3.17. The fraction of sp³-hybridized carbons (Fsp3) is 0.231. The van der Waals surface area contributed by atoms with Crippen LogP contribution in [0.3, 0.4) is 0 Å². The molecule has 0 saturated heterocycles. The van der Waals surface area contributed by atoms with E-state index in [1.165, 1.54) is 0 Å². The van der Waals surface area contributed by atoms with E-state index in [0.29, 0.717) is 16.9 Å². The number of rotatable bonds is 2. The van der Waals surface area contributed by atoms with Crippen LogP contribution in [-0.4, -0.2) is 19.3 Å². The first-order valence-electron chi connectivity index (χ1n) is 5.12. The molecule has 3 nitrogen and oxygen atoms in total. The Bertz CT molecular complexity index is 579. The topological polar surface area (TPSA) is 38.7 Å². The lowest BCUT2D eigenvalue weighted by Gasteiger charge is -2.12. The number of halogens is 1. The van der Waals surface area contributed by atoms with E-state index in [4.69, 9.17) is 9.47 Å². The molecule has 0 aromatic heterocycles. The maximum Gasteiger partial charge on any atom is 0.134 e. The lowest BCUT2D eigenvalue weighted by molar-refractivity contribution is 0.396. The van der Waals surface area contributed by atoms with E-state index in [-0.39, 0.29) is 5.75 Å². The van der Waals surface area contributed by atoms with Crippen molar-refractivity contribution in [2.45, 2.75) is 6.92 Å². The summed E-state index contributed by atoms with van der Waals surface area (Å²) in [5.74, 6) is 1.50. The maximum atomic E-state index is 10.0. The van der Waals surface area contributed by atoms with E-state index in [1.54, 1.807) is 26.4 Å². The van der Waals surface area contributed by atoms with Gasteiger partial charge in [0, 0.05) is 15.9 Å². The third-order valence-electron chi connectivity index (χ3n) is 2.72. The molecule has 0 amide bonds. The summed E-state index contributed by atoms with van der Waals surface area (Å²) >= 11 is 3.52. The van der Waals surface area contributed by atoms with E-state index in [1.807, 2.05) is 13.0 Å². The smallest absolute Gasteiger partial charge is 0.134 e. The summed E-state index contributed by atoms with van der Waals surface area (Å²) in [4.78, 5) is 0. The van der Waals surface area contributed by atoms with Crippen molar-refractivity contribution < 1.29 is 14.6 Å². The van der Waals surface area contributed by atoms with Gasteiger partial charge in [-0.15, -0.1) is 0 Å². The first-order chi connectivity index (χ1) is 8.08. The summed E-state index contributed by atoms with van der Waals surface area (Å²) < 4.78 is 11.4. The lowest BCUT2D eigenvalue weighted by Crippen LogP contribution is -1.91. The van der Waals surface area contributed by atoms with Crippen LogP contribution in [0.25, 0.3) is 10.8 Å². The number of hydrogen-bond acceptors (Lipinski definition) is 3. The molecule has 0 unspecified atom stereocenters. The average molecular weight is 297 g/mol. The van der Waals surface area contributed by atoms with Gasteiger partial charge in [-0.25, -0.2) is 0 Å². The van der Waals surface area contributed by atoms with Crippen LogP contribution < -0.4 is 9.47 Å². The standard InChI is InChI=1S/C13H13BrO3/c1-7-4-10(15)12-9(13(7)14)5-8(16-2)6-11(12)17-3/h4-6,15H,1-3H3. The highest BCUT2D eigenvalue weighted by Gasteiger charge is 2.13. The van der Waals surface area contributed by atoms with Crippen LogP contribution in [0.2, 0.25) is 0 Å². The van der Waals surface area contributed by atoms with E-state index < -0.39 is 0 Å². The van der Waals surface area contributed by atoms with Crippen LogP contribution in [-0.2, 0) is 0 Å². The van der Waals surface area contributed by atoms with Gasteiger partial charge in [-0.05, 0) is 40.5 Å². The van der Waals surface area contributed by atoms with Crippen LogP contribution in [0, 0.1) is 6.92 Å². The molecule has 1 N–H and O–H groups in total. The molecule has 17 heavy (non-hydrogen) atoms. The zero-order chi connectivity index (χ0) is 12.6. The average Bonchev–Trinajstić information content (AvgIpc) is 2.34. The molecule has 4 heteroatoms. The Morgan fingerprint density at radius 3 is 2.41 bits per heavy atom. The van der Waals surface area contributed by atoms with Gasteiger partial charge < -0.3 is 14.6 Å². The molecule has 0 aliphatic heterocycles. The number of methoxy groups -OCH3 is 2. The van der Waals surface area contributed by atoms with E-state index in [0.717, 1.165) is 15.4 Å². The van der Waals surface area contributed by atoms with Crippen molar-refractivity contribution >= 4 is 26.7 Å². The van der Waals surface area contributed by atoms with Crippen molar-refractivity contribution in [2.75, 3.05) is 14.2 Å². The molecule has 0 aliphatic rings. The Hall–Kier alpha value is -1.42. The summed E-state index contributed by atoms with van der Waals surface area (Å²) in [6, 6.07) is 5.33. The van der Waals surface area contributed by atoms with Crippen molar-refractivity contribution in [1.82, 2.24) is 0 Å². The Kier molecular flexibility index (Phi) is 3.15. The molecule has 0 heterocycles. The van der Waals surface area contributed by atoms with E-state index >= 15 is 0 Å². The van der Waals surface area contributed by atoms with Gasteiger partial charge in [-0.1, -0.05) is 0 Å². The third kappa shape index (κ3) is 1.93. The number of fused-ring (bicyclic) bond motifs is 1. The molecular formula is C13H13BrO3. The van der Waals surface area contributed by atoms with Gasteiger partial charge in [0.25, 0.3) is 0 Å². The van der Waals surface area contributed by atoms with Gasteiger partial charge in [0.15, 0.2) is 0 Å². The first kappa shape index (κ1) is 12.0. The number of ether oxygens (including phenoxy) is 2. The van der Waals surface area contributed by atoms with Crippen LogP contribution in [0.4, 0.5) is 0 Å². The highest BCUT2D eigenvalue weighted by Crippen LogP contribution is 2.41. The minimum atomic E-state index is 0.209. The number of phenols is 1. The van der Waals surface area contributed by atoms with Crippen molar-refractivity contribution in [1.29, 1.82) is 0 Å². The predicted molar refractivity (Wildman–Crippen MR) is 71.2 cm³/mol. The number of aryl methyl sites for hydroxylation is 1. The second-order valence-corrected chi connectivity index (χ2v) is 4.57. The molecule has 0 aliphatic carbocycles. The Morgan fingerprint density at radius 2 is 1.82 bits per heavy atom. The zero-order valence-electron chi connectivity index (χ0n) is 9.87. The summed E-state index contributed by atoms with van der Waals surface area (Å²) in [5, 5.41) is 11.6. The highest BCUT2D eigenvalue weighted by atomic mass is 79.9. The molecule has 2 aromatic carbocycles. The highest BCUT2D eigenvalue weighted by molar-refractivity contribution is 9.10. The van der Waals surface area contributed by atoms with Crippen molar-refractivity contribution in [3.05, 3.63) is 28.2 Å². The Morgan fingerprint density at radius 1 is 1.12 bits per heavy atom. The largest absolute Gasteiger partial charge is 0.507 e. The lowest BCUT2D eigenvalue weighted by atomic mass is 10.0. The molecule has 2 aromatic rings. The molecule has 90 valence electrons. The van der Waals surface area contributed by atoms with Crippen LogP contribution in [0.15, 0.2) is 22.7 Å². The minimum absolute atomic E-state index is 0.209. The molecule has 2 rings (SSSR count). The normalized spacial score (nSPS) is 10.6. The molecule has 0 saturated carbocycles. The summed E-state index contributed by atoms with van der Waals surface area (Å²) in [6.07, 6.45) is 0. The molecule has 0 atom stereocenters. The SMILES string of the molecule is COc1cc(OC)c2c(O)cc(C)c(Br)c2c1. The van der Waals surface area contributed by atoms with Gasteiger partial charge >= 0.3 is 0 Å². The van der Waals surface area contributed by atoms with Gasteiger partial charge in [0.1, 0.15) is 17.2 Å². The van der Waals surface area contributed by atoms with Gasteiger partial charge in [0.2, 0.25) is 0 Å². The summed E-state index contributed by atoms with van der Waals surface area (Å²) in [6.45, 7) is 1.93. The van der Waals surface area contributed by atoms with Gasteiger partial charge in [-0.2, -0.15) is 0 Å². The zero-order valence-corrected chi connectivity index (χ0v) is 11.5. The van der Waals surface area contributed by atoms with Crippen molar-refractivity contribution in [3.8, 4) is 17.2 Å². The summed E-state index contributed by atoms with van der Waals surface area (Å²) in [5.41, 5.74) is 0.963. The Balaban J connectivity index is 2.93. The van der Waals surface area contributed by atoms with Crippen LogP contribution in [0.1, 0.15) is 5.56 Å². The van der Waals surface area contributed by atoms with Crippen LogP contribution in [0.5, 0.6) is 17.2 Å². The molecule has 0 fully saturated rings. The second-order valence-electron chi connectivity index (χ2n) is 3.78. The number of hydrogen-bond donors (Lipinski definition) is 1. The monoisotopic (exact) mass is 296 g/mol. The number of benzene rings is 2. The van der Waals surface area contributed by atoms with E-state index in [2.05, 4.69) is 15.9 Å². The maximum absolute atomic E-state index is 10.0. The third-order valence-corrected chi connectivity index (χ3v) is 3.78. The predicted octanol–water partition coefficient (Wildman–Crippen LogP) is 3.63.